The van der Waals surface area contributed by atoms with E-state index >= 15 is 0 Å². The molecule has 3 nitrogen and oxygen atoms in total. The first-order chi connectivity index (χ1) is 9.04. The molecule has 2 rings (SSSR count). The predicted molar refractivity (Wildman–Crippen MR) is 74.4 cm³/mol. The quantitative estimate of drug-likeness (QED) is 0.909. The number of nitrogens with zero attached hydrogens (tertiary/aromatic N) is 1. The van der Waals surface area contributed by atoms with Crippen molar-refractivity contribution in [3.8, 4) is 0 Å². The van der Waals surface area contributed by atoms with E-state index in [4.69, 9.17) is 5.73 Å². The van der Waals surface area contributed by atoms with Gasteiger partial charge in [0.15, 0.2) is 0 Å². The number of benzene rings is 1. The average molecular weight is 264 g/mol. The van der Waals surface area contributed by atoms with Crippen molar-refractivity contribution in [2.24, 2.45) is 5.73 Å². The van der Waals surface area contributed by atoms with E-state index in [-0.39, 0.29) is 17.3 Å². The average Bonchev–Trinajstić information content (AvgIpc) is 2.76. The smallest absolute Gasteiger partial charge is 0.228 e. The van der Waals surface area contributed by atoms with Crippen LogP contribution in [0.3, 0.4) is 0 Å². The number of carbonyl (C=O) groups is 1. The summed E-state index contributed by atoms with van der Waals surface area (Å²) in [6.45, 7) is 2.42. The van der Waals surface area contributed by atoms with Crippen molar-refractivity contribution in [2.45, 2.75) is 44.6 Å². The van der Waals surface area contributed by atoms with Gasteiger partial charge in [0.25, 0.3) is 0 Å². The molecule has 19 heavy (non-hydrogen) atoms. The molecule has 1 aromatic rings. The van der Waals surface area contributed by atoms with Crippen LogP contribution in [0.5, 0.6) is 0 Å². The van der Waals surface area contributed by atoms with Crippen LogP contribution in [0.15, 0.2) is 24.3 Å². The largest absolute Gasteiger partial charge is 0.325 e. The molecule has 0 bridgehead atoms. The second kappa shape index (κ2) is 5.70. The fraction of sp³-hybridized carbons (Fsp3) is 0.533. The van der Waals surface area contributed by atoms with Crippen molar-refractivity contribution in [2.75, 3.05) is 11.4 Å². The number of hydrogen-bond acceptors (Lipinski definition) is 2. The minimum atomic E-state index is -0.363. The monoisotopic (exact) mass is 264 g/mol. The standard InChI is InChI=1S/C15H21FN2O/c1-2-18(13-7-5-6-12(16)10-13)14(19)11-15(17)8-3-4-9-15/h5-7,10H,2-4,8-9,11,17H2,1H3. The Balaban J connectivity index is 2.11. The molecule has 1 saturated carbocycles. The van der Waals surface area contributed by atoms with E-state index in [1.807, 2.05) is 6.92 Å². The Morgan fingerprint density at radius 2 is 2.11 bits per heavy atom. The van der Waals surface area contributed by atoms with E-state index in [2.05, 4.69) is 0 Å². The second-order valence-corrected chi connectivity index (χ2v) is 5.36. The third-order valence-electron chi connectivity index (χ3n) is 3.84. The van der Waals surface area contributed by atoms with Crippen LogP contribution in [-0.2, 0) is 4.79 Å². The van der Waals surface area contributed by atoms with Crippen molar-refractivity contribution in [1.29, 1.82) is 0 Å². The number of rotatable bonds is 4. The Kier molecular flexibility index (Phi) is 4.20. The predicted octanol–water partition coefficient (Wildman–Crippen LogP) is 2.84. The van der Waals surface area contributed by atoms with Crippen LogP contribution in [0.1, 0.15) is 39.0 Å². The van der Waals surface area contributed by atoms with Gasteiger partial charge in [-0.25, -0.2) is 4.39 Å². The molecule has 0 spiro atoms. The lowest BCUT2D eigenvalue weighted by molar-refractivity contribution is -0.119. The van der Waals surface area contributed by atoms with Gasteiger partial charge in [0.1, 0.15) is 5.82 Å². The van der Waals surface area contributed by atoms with E-state index in [0.29, 0.717) is 18.7 Å². The molecule has 1 amide bonds. The summed E-state index contributed by atoms with van der Waals surface area (Å²) < 4.78 is 13.2. The Morgan fingerprint density at radius 3 is 2.68 bits per heavy atom. The van der Waals surface area contributed by atoms with Crippen LogP contribution in [0.4, 0.5) is 10.1 Å². The Labute approximate surface area is 113 Å². The lowest BCUT2D eigenvalue weighted by atomic mass is 9.94. The molecule has 0 aromatic heterocycles. The Morgan fingerprint density at radius 1 is 1.42 bits per heavy atom. The summed E-state index contributed by atoms with van der Waals surface area (Å²) in [7, 11) is 0. The number of hydrogen-bond donors (Lipinski definition) is 1. The zero-order valence-corrected chi connectivity index (χ0v) is 11.4. The minimum Gasteiger partial charge on any atom is -0.325 e. The van der Waals surface area contributed by atoms with Crippen molar-refractivity contribution < 1.29 is 9.18 Å². The van der Waals surface area contributed by atoms with Gasteiger partial charge >= 0.3 is 0 Å². The molecule has 104 valence electrons. The van der Waals surface area contributed by atoms with Gasteiger partial charge in [-0.15, -0.1) is 0 Å². The van der Waals surface area contributed by atoms with Crippen molar-refractivity contribution in [3.05, 3.63) is 30.1 Å². The van der Waals surface area contributed by atoms with Crippen molar-refractivity contribution in [1.82, 2.24) is 0 Å². The van der Waals surface area contributed by atoms with E-state index < -0.39 is 0 Å². The molecule has 2 N–H and O–H groups in total. The summed E-state index contributed by atoms with van der Waals surface area (Å²) in [6, 6.07) is 6.14. The van der Waals surface area contributed by atoms with Crippen LogP contribution in [0, 0.1) is 5.82 Å². The number of anilines is 1. The first-order valence-electron chi connectivity index (χ1n) is 6.89. The zero-order chi connectivity index (χ0) is 13.9. The van der Waals surface area contributed by atoms with Crippen LogP contribution in [0.2, 0.25) is 0 Å². The molecule has 1 fully saturated rings. The molecular formula is C15H21FN2O. The molecule has 0 aliphatic heterocycles. The molecule has 0 unspecified atom stereocenters. The van der Waals surface area contributed by atoms with Gasteiger partial charge in [-0.05, 0) is 38.0 Å². The maximum Gasteiger partial charge on any atom is 0.228 e. The first-order valence-corrected chi connectivity index (χ1v) is 6.89. The molecular weight excluding hydrogens is 243 g/mol. The fourth-order valence-electron chi connectivity index (χ4n) is 2.80. The summed E-state index contributed by atoms with van der Waals surface area (Å²) in [6.07, 6.45) is 4.34. The summed E-state index contributed by atoms with van der Waals surface area (Å²) >= 11 is 0. The summed E-state index contributed by atoms with van der Waals surface area (Å²) in [5.41, 5.74) is 6.48. The third-order valence-corrected chi connectivity index (χ3v) is 3.84. The van der Waals surface area contributed by atoms with Gasteiger partial charge in [0.05, 0.1) is 0 Å². The lowest BCUT2D eigenvalue weighted by Gasteiger charge is -2.28. The topological polar surface area (TPSA) is 46.3 Å². The maximum absolute atomic E-state index is 13.2. The Hall–Kier alpha value is -1.42. The molecule has 1 aromatic carbocycles. The van der Waals surface area contributed by atoms with Crippen LogP contribution in [-0.4, -0.2) is 18.0 Å². The van der Waals surface area contributed by atoms with E-state index in [1.54, 1.807) is 17.0 Å². The number of amides is 1. The van der Waals surface area contributed by atoms with Gasteiger partial charge < -0.3 is 10.6 Å². The first kappa shape index (κ1) is 14.0. The van der Waals surface area contributed by atoms with E-state index in [0.717, 1.165) is 25.7 Å². The summed E-state index contributed by atoms with van der Waals surface area (Å²) in [5, 5.41) is 0. The molecule has 1 aliphatic rings. The highest BCUT2D eigenvalue weighted by Crippen LogP contribution is 2.31. The molecule has 0 saturated heterocycles. The maximum atomic E-state index is 13.2. The summed E-state index contributed by atoms with van der Waals surface area (Å²) in [4.78, 5) is 14.0. The second-order valence-electron chi connectivity index (χ2n) is 5.36. The number of nitrogens with two attached hydrogens (primary N) is 1. The van der Waals surface area contributed by atoms with Crippen LogP contribution in [0.25, 0.3) is 0 Å². The van der Waals surface area contributed by atoms with E-state index in [1.165, 1.54) is 12.1 Å². The number of halogens is 1. The fourth-order valence-corrected chi connectivity index (χ4v) is 2.80. The minimum absolute atomic E-state index is 0.0162. The molecule has 4 heteroatoms. The van der Waals surface area contributed by atoms with Crippen LogP contribution >= 0.6 is 0 Å². The number of carbonyl (C=O) groups excluding carboxylic acids is 1. The zero-order valence-electron chi connectivity index (χ0n) is 11.4. The molecule has 0 radical (unpaired) electrons. The SMILES string of the molecule is CCN(C(=O)CC1(N)CCCC1)c1cccc(F)c1. The Bertz CT molecular complexity index is 455. The van der Waals surface area contributed by atoms with Gasteiger partial charge in [0, 0.05) is 24.2 Å². The van der Waals surface area contributed by atoms with Crippen molar-refractivity contribution in [3.63, 3.8) is 0 Å². The van der Waals surface area contributed by atoms with Gasteiger partial charge in [-0.1, -0.05) is 18.9 Å². The molecule has 0 atom stereocenters. The third kappa shape index (κ3) is 3.32. The molecule has 0 heterocycles. The highest BCUT2D eigenvalue weighted by molar-refractivity contribution is 5.94. The van der Waals surface area contributed by atoms with Crippen LogP contribution < -0.4 is 10.6 Å². The summed E-state index contributed by atoms with van der Waals surface area (Å²) in [5.74, 6) is -0.343. The van der Waals surface area contributed by atoms with Gasteiger partial charge in [0.2, 0.25) is 5.91 Å². The highest BCUT2D eigenvalue weighted by atomic mass is 19.1. The highest BCUT2D eigenvalue weighted by Gasteiger charge is 2.33. The normalized spacial score (nSPS) is 17.4. The van der Waals surface area contributed by atoms with Gasteiger partial charge in [-0.2, -0.15) is 0 Å². The van der Waals surface area contributed by atoms with Gasteiger partial charge in [-0.3, -0.25) is 4.79 Å². The van der Waals surface area contributed by atoms with E-state index in [9.17, 15) is 9.18 Å². The molecule has 1 aliphatic carbocycles. The van der Waals surface area contributed by atoms with Crippen molar-refractivity contribution >= 4 is 11.6 Å². The lowest BCUT2D eigenvalue weighted by Crippen LogP contribution is -2.43.